The van der Waals surface area contributed by atoms with Gasteiger partial charge in [0.15, 0.2) is 0 Å². The largest absolute Gasteiger partial charge is 0.123 e. The van der Waals surface area contributed by atoms with Crippen LogP contribution in [0.5, 0.6) is 0 Å². The Labute approximate surface area is 155 Å². The lowest BCUT2D eigenvalue weighted by molar-refractivity contribution is 1.08. The summed E-state index contributed by atoms with van der Waals surface area (Å²) in [6, 6.07) is 42.6. The van der Waals surface area contributed by atoms with Gasteiger partial charge in [-0.2, -0.15) is 0 Å². The van der Waals surface area contributed by atoms with E-state index in [4.69, 9.17) is 0 Å². The van der Waals surface area contributed by atoms with Crippen LogP contribution < -0.4 is 0 Å². The first kappa shape index (κ1) is 16.1. The lowest BCUT2D eigenvalue weighted by Crippen LogP contribution is -2.16. The minimum Gasteiger partial charge on any atom is -0.123 e. The molecule has 0 unspecified atom stereocenters. The second-order valence-corrected chi connectivity index (χ2v) is 6.21. The van der Waals surface area contributed by atoms with Gasteiger partial charge in [-0.3, -0.25) is 0 Å². The van der Waals surface area contributed by atoms with Gasteiger partial charge in [-0.15, -0.1) is 82.6 Å². The average Bonchev–Trinajstić information content (AvgIpc) is 2.74. The molecule has 0 aromatic heterocycles. The third kappa shape index (κ3) is 3.36. The highest BCUT2D eigenvalue weighted by Gasteiger charge is 2.17. The van der Waals surface area contributed by atoms with Gasteiger partial charge in [-0.05, 0) is 0 Å². The number of hydrogen-bond acceptors (Lipinski definition) is 0. The summed E-state index contributed by atoms with van der Waals surface area (Å²) in [5.74, 6) is 2.51. The van der Waals surface area contributed by atoms with Crippen molar-refractivity contribution in [2.45, 2.75) is 0 Å². The molecule has 0 saturated carbocycles. The van der Waals surface area contributed by atoms with Gasteiger partial charge in [0, 0.05) is 0 Å². The Kier molecular flexibility index (Phi) is 4.75. The van der Waals surface area contributed by atoms with Crippen LogP contribution in [0.25, 0.3) is 0 Å². The van der Waals surface area contributed by atoms with Crippen molar-refractivity contribution < 1.29 is 0 Å². The molecule has 0 N–H and O–H groups in total. The predicted molar refractivity (Wildman–Crippen MR) is 109 cm³/mol. The first-order chi connectivity index (χ1) is 12.9. The molecule has 0 nitrogen and oxygen atoms in total. The van der Waals surface area contributed by atoms with Gasteiger partial charge in [0.05, 0.1) is 0 Å². The predicted octanol–water partition coefficient (Wildman–Crippen LogP) is 6.33. The molecule has 0 amide bonds. The van der Waals surface area contributed by atoms with Crippen molar-refractivity contribution in [3.63, 3.8) is 0 Å². The van der Waals surface area contributed by atoms with Gasteiger partial charge in [0.1, 0.15) is 0 Å². The van der Waals surface area contributed by atoms with E-state index < -0.39 is 0 Å². The average molecular weight is 332 g/mol. The van der Waals surface area contributed by atoms with Crippen LogP contribution in [0.2, 0.25) is 0 Å². The maximum Gasteiger partial charge on any atom is -0.0771 e. The molecule has 0 atom stereocenters. The van der Waals surface area contributed by atoms with Gasteiger partial charge in [-0.25, -0.2) is 0 Å². The zero-order chi connectivity index (χ0) is 17.6. The normalized spacial score (nSPS) is 10.3. The fraction of sp³-hybridized carbons (Fsp3) is 0. The fourth-order valence-corrected chi connectivity index (χ4v) is 3.33. The molecule has 26 heavy (non-hydrogen) atoms. The SMILES string of the molecule is c1ccc([C-](c2ccccc2)[C-](c2ccccc2)c2ccccc2)cc1. The molecule has 0 aliphatic carbocycles. The summed E-state index contributed by atoms with van der Waals surface area (Å²) in [6.45, 7) is 0. The third-order valence-corrected chi connectivity index (χ3v) is 4.50. The highest BCUT2D eigenvalue weighted by Crippen LogP contribution is 2.40. The molecule has 0 heterocycles. The van der Waals surface area contributed by atoms with E-state index in [0.717, 1.165) is 0 Å². The minimum atomic E-state index is 1.22. The van der Waals surface area contributed by atoms with E-state index in [-0.39, 0.29) is 0 Å². The zero-order valence-corrected chi connectivity index (χ0v) is 14.5. The third-order valence-electron chi connectivity index (χ3n) is 4.50. The van der Waals surface area contributed by atoms with Crippen LogP contribution in [-0.4, -0.2) is 0 Å². The Balaban J connectivity index is 1.93. The molecule has 0 fully saturated rings. The van der Waals surface area contributed by atoms with E-state index in [2.05, 4.69) is 121 Å². The second kappa shape index (κ2) is 7.67. The zero-order valence-electron chi connectivity index (χ0n) is 14.5. The Morgan fingerprint density at radius 1 is 0.269 bits per heavy atom. The number of hydrogen-bond donors (Lipinski definition) is 0. The summed E-state index contributed by atoms with van der Waals surface area (Å²) in [4.78, 5) is 0. The van der Waals surface area contributed by atoms with E-state index in [9.17, 15) is 0 Å². The van der Waals surface area contributed by atoms with E-state index >= 15 is 0 Å². The van der Waals surface area contributed by atoms with Crippen molar-refractivity contribution >= 4 is 0 Å². The van der Waals surface area contributed by atoms with Crippen LogP contribution in [0.1, 0.15) is 22.3 Å². The molecule has 0 aliphatic heterocycles. The molecular formula is C26H20-2. The smallest absolute Gasteiger partial charge is 0.0771 e. The molecule has 126 valence electrons. The number of benzene rings is 4. The van der Waals surface area contributed by atoms with Crippen LogP contribution in [-0.2, 0) is 0 Å². The second-order valence-electron chi connectivity index (χ2n) is 6.21. The van der Waals surface area contributed by atoms with Crippen molar-refractivity contribution in [1.29, 1.82) is 0 Å². The Morgan fingerprint density at radius 2 is 0.462 bits per heavy atom. The molecule has 0 saturated heterocycles. The molecule has 0 spiro atoms. The van der Waals surface area contributed by atoms with Crippen LogP contribution in [0.4, 0.5) is 0 Å². The first-order valence-corrected chi connectivity index (χ1v) is 8.89. The maximum absolute atomic E-state index is 2.19. The Hall–Kier alpha value is -3.38. The van der Waals surface area contributed by atoms with Crippen molar-refractivity contribution in [2.75, 3.05) is 0 Å². The maximum atomic E-state index is 2.19. The van der Waals surface area contributed by atoms with E-state index in [0.29, 0.717) is 0 Å². The number of rotatable bonds is 5. The fourth-order valence-electron chi connectivity index (χ4n) is 3.33. The summed E-state index contributed by atoms with van der Waals surface area (Å²) in [7, 11) is 0. The topological polar surface area (TPSA) is 0 Å². The van der Waals surface area contributed by atoms with Crippen molar-refractivity contribution in [2.24, 2.45) is 0 Å². The van der Waals surface area contributed by atoms with Crippen LogP contribution in [0.15, 0.2) is 121 Å². The van der Waals surface area contributed by atoms with Crippen LogP contribution in [0, 0.1) is 11.8 Å². The lowest BCUT2D eigenvalue weighted by Gasteiger charge is -2.39. The molecule has 4 rings (SSSR count). The van der Waals surface area contributed by atoms with E-state index in [1.807, 2.05) is 0 Å². The highest BCUT2D eigenvalue weighted by atomic mass is 14.3. The van der Waals surface area contributed by atoms with Gasteiger partial charge in [0.25, 0.3) is 0 Å². The standard InChI is InChI=1S/C26H20/c1-5-13-21(14-6-1)25(22-15-7-2-8-16-22)26(23-17-9-3-10-18-23)24-19-11-4-12-20-24/h1-20H/q-2. The summed E-state index contributed by atoms with van der Waals surface area (Å²) in [5.41, 5.74) is 4.89. The van der Waals surface area contributed by atoms with Crippen LogP contribution in [0.3, 0.4) is 0 Å². The quantitative estimate of drug-likeness (QED) is 0.375. The summed E-state index contributed by atoms with van der Waals surface area (Å²) >= 11 is 0. The molecule has 0 aliphatic rings. The monoisotopic (exact) mass is 332 g/mol. The minimum absolute atomic E-state index is 1.22. The van der Waals surface area contributed by atoms with E-state index in [1.165, 1.54) is 34.1 Å². The Bertz CT molecular complexity index is 753. The van der Waals surface area contributed by atoms with Crippen molar-refractivity contribution in [3.8, 4) is 0 Å². The lowest BCUT2D eigenvalue weighted by atomic mass is 9.74. The molecule has 0 heteroatoms. The van der Waals surface area contributed by atoms with E-state index in [1.54, 1.807) is 0 Å². The summed E-state index contributed by atoms with van der Waals surface area (Å²) in [5, 5.41) is 0. The molecule has 4 aromatic rings. The van der Waals surface area contributed by atoms with Gasteiger partial charge in [0.2, 0.25) is 0 Å². The van der Waals surface area contributed by atoms with Crippen LogP contribution >= 0.6 is 0 Å². The van der Waals surface area contributed by atoms with Gasteiger partial charge < -0.3 is 0 Å². The van der Waals surface area contributed by atoms with Gasteiger partial charge in [-0.1, -0.05) is 72.8 Å². The first-order valence-electron chi connectivity index (χ1n) is 8.89. The molecule has 4 aromatic carbocycles. The Morgan fingerprint density at radius 3 is 0.654 bits per heavy atom. The van der Waals surface area contributed by atoms with Crippen molar-refractivity contribution in [3.05, 3.63) is 155 Å². The van der Waals surface area contributed by atoms with Gasteiger partial charge >= 0.3 is 0 Å². The molecular weight excluding hydrogens is 312 g/mol. The molecule has 0 bridgehead atoms. The highest BCUT2D eigenvalue weighted by molar-refractivity contribution is 5.65. The molecule has 0 radical (unpaired) electrons. The summed E-state index contributed by atoms with van der Waals surface area (Å²) < 4.78 is 0. The summed E-state index contributed by atoms with van der Waals surface area (Å²) in [6.07, 6.45) is 0. The van der Waals surface area contributed by atoms with Crippen molar-refractivity contribution in [1.82, 2.24) is 0 Å².